The highest BCUT2D eigenvalue weighted by Gasteiger charge is 2.09. The molecule has 1 nitrogen and oxygen atoms in total. The van der Waals surface area contributed by atoms with Gasteiger partial charge in [0.05, 0.1) is 0 Å². The van der Waals surface area contributed by atoms with Crippen molar-refractivity contribution >= 4 is 27.5 Å². The first-order chi connectivity index (χ1) is 7.00. The lowest BCUT2D eigenvalue weighted by atomic mass is 10.1. The normalized spacial score (nSPS) is 12.5. The van der Waals surface area contributed by atoms with E-state index in [-0.39, 0.29) is 11.9 Å². The summed E-state index contributed by atoms with van der Waals surface area (Å²) in [4.78, 5) is 0. The molecular weight excluding hydrogens is 280 g/mol. The van der Waals surface area contributed by atoms with E-state index in [1.165, 1.54) is 12.1 Å². The van der Waals surface area contributed by atoms with E-state index in [1.54, 1.807) is 6.07 Å². The second-order valence-corrected chi connectivity index (χ2v) is 4.67. The molecule has 0 spiro atoms. The number of nitrogens with one attached hydrogen (secondary N) is 1. The van der Waals surface area contributed by atoms with Crippen LogP contribution in [0, 0.1) is 5.82 Å². The predicted octanol–water partition coefficient (Wildman–Crippen LogP) is 3.99. The molecule has 15 heavy (non-hydrogen) atoms. The molecule has 1 unspecified atom stereocenters. The van der Waals surface area contributed by atoms with Gasteiger partial charge in [-0.3, -0.25) is 0 Å². The number of halogens is 3. The van der Waals surface area contributed by atoms with Crippen LogP contribution in [0.4, 0.5) is 4.39 Å². The molecule has 0 saturated heterocycles. The monoisotopic (exact) mass is 291 g/mol. The Bertz CT molecular complexity index is 368. The Labute approximate surface area is 102 Å². The second-order valence-electron chi connectivity index (χ2n) is 3.29. The van der Waals surface area contributed by atoms with Gasteiger partial charge in [0.2, 0.25) is 0 Å². The summed E-state index contributed by atoms with van der Waals surface area (Å²) >= 11 is 8.96. The number of hydrogen-bond donors (Lipinski definition) is 1. The molecule has 0 heterocycles. The highest BCUT2D eigenvalue weighted by molar-refractivity contribution is 9.10. The minimum absolute atomic E-state index is 0.0930. The Balaban J connectivity index is 2.73. The lowest BCUT2D eigenvalue weighted by Gasteiger charge is -2.15. The van der Waals surface area contributed by atoms with E-state index < -0.39 is 0 Å². The molecule has 0 fully saturated rings. The Hall–Kier alpha value is -0.380. The molecule has 0 bridgehead atoms. The minimum atomic E-state index is -0.250. The van der Waals surface area contributed by atoms with E-state index in [2.05, 4.69) is 27.8 Å². The van der Waals surface area contributed by atoms with Crippen LogP contribution in [0.2, 0.25) is 0 Å². The summed E-state index contributed by atoms with van der Waals surface area (Å²) in [5, 5.41) is 3.73. The fraction of sp³-hybridized carbons (Fsp3) is 0.273. The lowest BCUT2D eigenvalue weighted by Crippen LogP contribution is -2.20. The third-order valence-electron chi connectivity index (χ3n) is 2.03. The van der Waals surface area contributed by atoms with Gasteiger partial charge in [0.1, 0.15) is 5.82 Å². The van der Waals surface area contributed by atoms with Gasteiger partial charge in [-0.05, 0) is 24.6 Å². The summed E-state index contributed by atoms with van der Waals surface area (Å²) in [5.74, 6) is -0.250. The molecule has 1 N–H and O–H groups in total. The summed E-state index contributed by atoms with van der Waals surface area (Å²) in [6.45, 7) is 6.11. The third-order valence-corrected chi connectivity index (χ3v) is 2.85. The molecule has 0 amide bonds. The first kappa shape index (κ1) is 12.7. The Kier molecular flexibility index (Phi) is 4.77. The molecule has 0 aliphatic rings. The van der Waals surface area contributed by atoms with Gasteiger partial charge >= 0.3 is 0 Å². The van der Waals surface area contributed by atoms with Crippen molar-refractivity contribution in [1.29, 1.82) is 0 Å². The molecule has 0 aliphatic carbocycles. The molecule has 0 aliphatic heterocycles. The number of benzene rings is 1. The topological polar surface area (TPSA) is 12.0 Å². The number of hydrogen-bond acceptors (Lipinski definition) is 1. The maximum atomic E-state index is 12.8. The van der Waals surface area contributed by atoms with Crippen molar-refractivity contribution in [2.45, 2.75) is 13.0 Å². The molecule has 0 saturated carbocycles. The zero-order chi connectivity index (χ0) is 11.4. The Morgan fingerprint density at radius 1 is 1.67 bits per heavy atom. The van der Waals surface area contributed by atoms with E-state index in [4.69, 9.17) is 11.6 Å². The molecule has 0 aromatic heterocycles. The van der Waals surface area contributed by atoms with Gasteiger partial charge in [-0.15, -0.1) is 0 Å². The maximum Gasteiger partial charge on any atom is 0.124 e. The second kappa shape index (κ2) is 5.64. The Morgan fingerprint density at radius 3 is 2.87 bits per heavy atom. The van der Waals surface area contributed by atoms with Crippen LogP contribution in [0.25, 0.3) is 0 Å². The minimum Gasteiger partial charge on any atom is -0.305 e. The van der Waals surface area contributed by atoms with Crippen molar-refractivity contribution in [3.63, 3.8) is 0 Å². The molecule has 1 aromatic carbocycles. The van der Waals surface area contributed by atoms with Crippen LogP contribution in [-0.2, 0) is 0 Å². The lowest BCUT2D eigenvalue weighted by molar-refractivity contribution is 0.601. The van der Waals surface area contributed by atoms with Crippen molar-refractivity contribution in [3.8, 4) is 0 Å². The molecule has 1 aromatic rings. The van der Waals surface area contributed by atoms with Gasteiger partial charge in [-0.2, -0.15) is 0 Å². The van der Waals surface area contributed by atoms with Crippen LogP contribution in [-0.4, -0.2) is 6.54 Å². The van der Waals surface area contributed by atoms with Crippen LogP contribution >= 0.6 is 27.5 Å². The SMILES string of the molecule is C=C(Cl)CNC(C)c1ccc(F)cc1Br. The van der Waals surface area contributed by atoms with Gasteiger partial charge in [0.15, 0.2) is 0 Å². The number of rotatable bonds is 4. The fourth-order valence-corrected chi connectivity index (χ4v) is 2.00. The van der Waals surface area contributed by atoms with E-state index in [9.17, 15) is 4.39 Å². The summed E-state index contributed by atoms with van der Waals surface area (Å²) in [6, 6.07) is 4.72. The summed E-state index contributed by atoms with van der Waals surface area (Å²) in [5.41, 5.74) is 0.995. The molecular formula is C11H12BrClFN. The highest BCUT2D eigenvalue weighted by Crippen LogP contribution is 2.24. The van der Waals surface area contributed by atoms with Crippen molar-refractivity contribution < 1.29 is 4.39 Å². The first-order valence-corrected chi connectivity index (χ1v) is 5.69. The Morgan fingerprint density at radius 2 is 2.33 bits per heavy atom. The zero-order valence-electron chi connectivity index (χ0n) is 8.36. The molecule has 1 rings (SSSR count). The van der Waals surface area contributed by atoms with Crippen molar-refractivity contribution in [1.82, 2.24) is 5.32 Å². The van der Waals surface area contributed by atoms with Crippen LogP contribution in [0.5, 0.6) is 0 Å². The molecule has 4 heteroatoms. The maximum absolute atomic E-state index is 12.8. The first-order valence-electron chi connectivity index (χ1n) is 4.52. The van der Waals surface area contributed by atoms with Crippen LogP contribution < -0.4 is 5.32 Å². The van der Waals surface area contributed by atoms with E-state index in [1.807, 2.05) is 6.92 Å². The van der Waals surface area contributed by atoms with E-state index >= 15 is 0 Å². The quantitative estimate of drug-likeness (QED) is 0.885. The van der Waals surface area contributed by atoms with Gasteiger partial charge in [-0.25, -0.2) is 4.39 Å². The third kappa shape index (κ3) is 3.93. The van der Waals surface area contributed by atoms with Crippen molar-refractivity contribution in [2.24, 2.45) is 0 Å². The smallest absolute Gasteiger partial charge is 0.124 e. The van der Waals surface area contributed by atoms with Crippen LogP contribution in [0.1, 0.15) is 18.5 Å². The van der Waals surface area contributed by atoms with Crippen LogP contribution in [0.15, 0.2) is 34.3 Å². The standard InChI is InChI=1S/C11H12BrClFN/c1-7(13)6-15-8(2)10-4-3-9(14)5-11(10)12/h3-5,8,15H,1,6H2,2H3. The van der Waals surface area contributed by atoms with Crippen molar-refractivity contribution in [3.05, 3.63) is 45.7 Å². The van der Waals surface area contributed by atoms with Gasteiger partial charge in [-0.1, -0.05) is 40.2 Å². The van der Waals surface area contributed by atoms with Crippen LogP contribution in [0.3, 0.4) is 0 Å². The molecule has 0 radical (unpaired) electrons. The van der Waals surface area contributed by atoms with Gasteiger partial charge in [0, 0.05) is 22.1 Å². The summed E-state index contributed by atoms with van der Waals surface area (Å²) in [6.07, 6.45) is 0. The van der Waals surface area contributed by atoms with E-state index in [0.29, 0.717) is 11.6 Å². The summed E-state index contributed by atoms with van der Waals surface area (Å²) < 4.78 is 13.6. The summed E-state index contributed by atoms with van der Waals surface area (Å²) in [7, 11) is 0. The predicted molar refractivity (Wildman–Crippen MR) is 65.5 cm³/mol. The largest absolute Gasteiger partial charge is 0.305 e. The fourth-order valence-electron chi connectivity index (χ4n) is 1.23. The molecule has 82 valence electrons. The zero-order valence-corrected chi connectivity index (χ0v) is 10.7. The average Bonchev–Trinajstić information content (AvgIpc) is 2.14. The highest BCUT2D eigenvalue weighted by atomic mass is 79.9. The van der Waals surface area contributed by atoms with Gasteiger partial charge < -0.3 is 5.32 Å². The van der Waals surface area contributed by atoms with E-state index in [0.717, 1.165) is 10.0 Å². The average molecular weight is 293 g/mol. The van der Waals surface area contributed by atoms with Crippen molar-refractivity contribution in [2.75, 3.05) is 6.54 Å². The van der Waals surface area contributed by atoms with Gasteiger partial charge in [0.25, 0.3) is 0 Å². The molecule has 1 atom stereocenters.